The Morgan fingerprint density at radius 1 is 0.811 bits per heavy atom. The molecule has 0 bridgehead atoms. The topological polar surface area (TPSA) is 77.5 Å². The van der Waals surface area contributed by atoms with E-state index in [9.17, 15) is 9.90 Å². The Morgan fingerprint density at radius 3 is 1.62 bits per heavy atom. The summed E-state index contributed by atoms with van der Waals surface area (Å²) in [4.78, 5) is 13.6. The van der Waals surface area contributed by atoms with Crippen LogP contribution < -0.4 is 14.2 Å². The van der Waals surface area contributed by atoms with Crippen LogP contribution in [-0.2, 0) is 15.1 Å². The molecule has 1 heterocycles. The SMILES string of the molecule is COc1ccc(C(OCCN2CCC[C@@H]2CC(=O)O)(c2ccc(OC)cc2)c2ccc(OC)cc2)cc1. The fraction of sp³-hybridized carbons (Fsp3) is 0.367. The van der Waals surface area contributed by atoms with Crippen molar-refractivity contribution in [3.8, 4) is 17.2 Å². The number of hydrogen-bond donors (Lipinski definition) is 1. The predicted molar refractivity (Wildman–Crippen MR) is 142 cm³/mol. The van der Waals surface area contributed by atoms with E-state index < -0.39 is 11.6 Å². The fourth-order valence-electron chi connectivity index (χ4n) is 5.17. The Hall–Kier alpha value is -3.55. The first-order valence-electron chi connectivity index (χ1n) is 12.5. The molecule has 3 aromatic rings. The molecule has 1 saturated heterocycles. The van der Waals surface area contributed by atoms with E-state index in [4.69, 9.17) is 18.9 Å². The first kappa shape index (κ1) is 26.5. The molecular weight excluding hydrogens is 470 g/mol. The van der Waals surface area contributed by atoms with Crippen molar-refractivity contribution < 1.29 is 28.8 Å². The zero-order valence-corrected chi connectivity index (χ0v) is 21.7. The van der Waals surface area contributed by atoms with Crippen molar-refractivity contribution in [2.45, 2.75) is 30.9 Å². The molecule has 0 amide bonds. The van der Waals surface area contributed by atoms with Gasteiger partial charge in [-0.25, -0.2) is 0 Å². The molecule has 1 aliphatic heterocycles. The molecule has 1 N–H and O–H groups in total. The average molecular weight is 506 g/mol. The zero-order chi connectivity index (χ0) is 26.3. The number of likely N-dealkylation sites (tertiary alicyclic amines) is 1. The molecule has 196 valence electrons. The molecule has 3 aromatic carbocycles. The van der Waals surface area contributed by atoms with Crippen molar-refractivity contribution in [1.29, 1.82) is 0 Å². The van der Waals surface area contributed by atoms with Crippen molar-refractivity contribution in [3.05, 3.63) is 89.5 Å². The highest BCUT2D eigenvalue weighted by Crippen LogP contribution is 2.42. The highest BCUT2D eigenvalue weighted by molar-refractivity contribution is 5.67. The molecule has 7 nitrogen and oxygen atoms in total. The molecule has 1 aliphatic rings. The Bertz CT molecular complexity index is 1030. The number of ether oxygens (including phenoxy) is 4. The summed E-state index contributed by atoms with van der Waals surface area (Å²) in [6.07, 6.45) is 2.05. The molecule has 0 saturated carbocycles. The number of aliphatic carboxylic acids is 1. The van der Waals surface area contributed by atoms with Crippen LogP contribution in [0.3, 0.4) is 0 Å². The Labute approximate surface area is 218 Å². The largest absolute Gasteiger partial charge is 0.497 e. The third-order valence-corrected chi connectivity index (χ3v) is 7.10. The van der Waals surface area contributed by atoms with E-state index in [0.717, 1.165) is 53.3 Å². The summed E-state index contributed by atoms with van der Waals surface area (Å²) in [6.45, 7) is 1.93. The van der Waals surface area contributed by atoms with Gasteiger partial charge in [-0.3, -0.25) is 9.69 Å². The second-order valence-corrected chi connectivity index (χ2v) is 9.15. The van der Waals surface area contributed by atoms with Gasteiger partial charge in [0.05, 0.1) is 34.4 Å². The van der Waals surface area contributed by atoms with Crippen LogP contribution in [0.4, 0.5) is 0 Å². The molecule has 37 heavy (non-hydrogen) atoms. The maximum absolute atomic E-state index is 11.4. The van der Waals surface area contributed by atoms with Gasteiger partial charge in [-0.1, -0.05) is 36.4 Å². The standard InChI is InChI=1S/C30H35NO6/c1-34-26-12-6-22(7-13-26)30(23-8-14-27(35-2)15-9-23,24-10-16-28(36-3)17-11-24)37-20-19-31-18-4-5-25(31)21-29(32)33/h6-17,25H,4-5,18-21H2,1-3H3,(H,32,33)/t25-/m1/s1. The molecule has 0 aliphatic carbocycles. The Kier molecular flexibility index (Phi) is 8.69. The lowest BCUT2D eigenvalue weighted by Crippen LogP contribution is -2.38. The number of rotatable bonds is 12. The van der Waals surface area contributed by atoms with Gasteiger partial charge in [0, 0.05) is 12.6 Å². The van der Waals surface area contributed by atoms with E-state index in [1.807, 2.05) is 72.8 Å². The second-order valence-electron chi connectivity index (χ2n) is 9.15. The van der Waals surface area contributed by atoms with Crippen molar-refractivity contribution in [2.24, 2.45) is 0 Å². The van der Waals surface area contributed by atoms with Gasteiger partial charge in [-0.2, -0.15) is 0 Å². The minimum absolute atomic E-state index is 0.0402. The minimum Gasteiger partial charge on any atom is -0.497 e. The fourth-order valence-corrected chi connectivity index (χ4v) is 5.17. The van der Waals surface area contributed by atoms with Crippen molar-refractivity contribution in [2.75, 3.05) is 41.0 Å². The predicted octanol–water partition coefficient (Wildman–Crippen LogP) is 4.96. The van der Waals surface area contributed by atoms with E-state index >= 15 is 0 Å². The van der Waals surface area contributed by atoms with Gasteiger partial charge in [0.1, 0.15) is 22.8 Å². The summed E-state index contributed by atoms with van der Waals surface area (Å²) >= 11 is 0. The lowest BCUT2D eigenvalue weighted by molar-refractivity contribution is -0.138. The smallest absolute Gasteiger partial charge is 0.304 e. The first-order chi connectivity index (χ1) is 18.0. The van der Waals surface area contributed by atoms with Gasteiger partial charge in [-0.15, -0.1) is 0 Å². The lowest BCUT2D eigenvalue weighted by Gasteiger charge is -2.37. The third kappa shape index (κ3) is 5.89. The van der Waals surface area contributed by atoms with Gasteiger partial charge in [-0.05, 0) is 72.5 Å². The number of carbonyl (C=O) groups is 1. The van der Waals surface area contributed by atoms with Crippen LogP contribution in [0, 0.1) is 0 Å². The van der Waals surface area contributed by atoms with E-state index in [1.165, 1.54) is 0 Å². The molecule has 7 heteroatoms. The van der Waals surface area contributed by atoms with Gasteiger partial charge < -0.3 is 24.1 Å². The minimum atomic E-state index is -0.924. The van der Waals surface area contributed by atoms with Crippen LogP contribution in [0.25, 0.3) is 0 Å². The maximum atomic E-state index is 11.4. The van der Waals surface area contributed by atoms with E-state index in [0.29, 0.717) is 13.2 Å². The summed E-state index contributed by atoms with van der Waals surface area (Å²) in [5, 5.41) is 9.33. The lowest BCUT2D eigenvalue weighted by atomic mass is 9.80. The van der Waals surface area contributed by atoms with Crippen molar-refractivity contribution in [1.82, 2.24) is 4.90 Å². The number of carboxylic acid groups (broad SMARTS) is 1. The maximum Gasteiger partial charge on any atom is 0.304 e. The van der Waals surface area contributed by atoms with Crippen LogP contribution in [0.15, 0.2) is 72.8 Å². The number of methoxy groups -OCH3 is 3. The number of benzene rings is 3. The summed E-state index contributed by atoms with van der Waals surface area (Å²) in [6, 6.07) is 23.8. The summed E-state index contributed by atoms with van der Waals surface area (Å²) in [5.41, 5.74) is 1.93. The first-order valence-corrected chi connectivity index (χ1v) is 12.5. The van der Waals surface area contributed by atoms with E-state index in [-0.39, 0.29) is 12.5 Å². The quantitative estimate of drug-likeness (QED) is 0.349. The van der Waals surface area contributed by atoms with E-state index in [1.54, 1.807) is 21.3 Å². The van der Waals surface area contributed by atoms with Gasteiger partial charge >= 0.3 is 5.97 Å². The molecule has 1 fully saturated rings. The zero-order valence-electron chi connectivity index (χ0n) is 21.7. The molecular formula is C30H35NO6. The summed E-state index contributed by atoms with van der Waals surface area (Å²) < 4.78 is 23.2. The highest BCUT2D eigenvalue weighted by atomic mass is 16.5. The molecule has 0 unspecified atom stereocenters. The van der Waals surface area contributed by atoms with E-state index in [2.05, 4.69) is 4.90 Å². The number of hydrogen-bond acceptors (Lipinski definition) is 6. The van der Waals surface area contributed by atoms with Gasteiger partial charge in [0.15, 0.2) is 0 Å². The van der Waals surface area contributed by atoms with Crippen molar-refractivity contribution >= 4 is 5.97 Å². The summed E-state index contributed by atoms with van der Waals surface area (Å²) in [7, 11) is 4.94. The Morgan fingerprint density at radius 2 is 1.24 bits per heavy atom. The number of carboxylic acids is 1. The average Bonchev–Trinajstić information content (AvgIpc) is 3.37. The summed E-state index contributed by atoms with van der Waals surface area (Å²) in [5.74, 6) is 1.52. The normalized spacial score (nSPS) is 15.9. The van der Waals surface area contributed by atoms with Gasteiger partial charge in [0.25, 0.3) is 0 Å². The van der Waals surface area contributed by atoms with Gasteiger partial charge in [0.2, 0.25) is 0 Å². The number of nitrogens with zero attached hydrogens (tertiary/aromatic N) is 1. The van der Waals surface area contributed by atoms with Crippen LogP contribution >= 0.6 is 0 Å². The Balaban J connectivity index is 1.75. The molecule has 0 aromatic heterocycles. The monoisotopic (exact) mass is 505 g/mol. The molecule has 1 atom stereocenters. The van der Waals surface area contributed by atoms with Crippen LogP contribution in [0.1, 0.15) is 36.0 Å². The van der Waals surface area contributed by atoms with Crippen LogP contribution in [-0.4, -0.2) is 63.0 Å². The molecule has 0 spiro atoms. The van der Waals surface area contributed by atoms with Crippen LogP contribution in [0.5, 0.6) is 17.2 Å². The molecule has 4 rings (SSSR count). The second kappa shape index (κ2) is 12.1. The highest BCUT2D eigenvalue weighted by Gasteiger charge is 2.38. The van der Waals surface area contributed by atoms with Crippen LogP contribution in [0.2, 0.25) is 0 Å². The third-order valence-electron chi connectivity index (χ3n) is 7.10. The molecule has 0 radical (unpaired) electrons. The van der Waals surface area contributed by atoms with Crippen molar-refractivity contribution in [3.63, 3.8) is 0 Å².